The van der Waals surface area contributed by atoms with Crippen molar-refractivity contribution in [2.75, 3.05) is 5.32 Å². The van der Waals surface area contributed by atoms with Gasteiger partial charge in [0.2, 0.25) is 5.43 Å². The summed E-state index contributed by atoms with van der Waals surface area (Å²) < 4.78 is 1.60. The van der Waals surface area contributed by atoms with Gasteiger partial charge in [0.1, 0.15) is 11.5 Å². The van der Waals surface area contributed by atoms with Gasteiger partial charge in [0.25, 0.3) is 5.91 Å². The second-order valence-electron chi connectivity index (χ2n) is 7.21. The molecule has 4 rings (SSSR count). The number of hydrogen-bond donors (Lipinski definition) is 1. The molecule has 6 heteroatoms. The summed E-state index contributed by atoms with van der Waals surface area (Å²) in [5, 5.41) is 7.94. The Labute approximate surface area is 184 Å². The van der Waals surface area contributed by atoms with E-state index in [9.17, 15) is 9.59 Å². The van der Waals surface area contributed by atoms with Crippen LogP contribution < -0.4 is 10.7 Å². The molecule has 0 bridgehead atoms. The molecule has 3 aromatic carbocycles. The van der Waals surface area contributed by atoms with Crippen LogP contribution >= 0.6 is 11.6 Å². The molecule has 0 aliphatic heterocycles. The molecule has 154 valence electrons. The molecule has 5 nitrogen and oxygen atoms in total. The molecule has 4 aromatic rings. The van der Waals surface area contributed by atoms with Gasteiger partial charge in [0.05, 0.1) is 11.3 Å². The number of aryl methyl sites for hydroxylation is 2. The summed E-state index contributed by atoms with van der Waals surface area (Å²) in [6.07, 6.45) is 0. The standard InChI is InChI=1S/C25H20ClN3O2/c1-16-8-14-21(15-9-16)29-24(27-25(31)19-10-12-20(26)13-11-19)22(23(30)17(2)28-29)18-6-4-3-5-7-18/h3-15H,1-2H3,(H,27,31). The highest BCUT2D eigenvalue weighted by molar-refractivity contribution is 6.30. The average Bonchev–Trinajstić information content (AvgIpc) is 2.78. The molecule has 0 radical (unpaired) electrons. The predicted octanol–water partition coefficient (Wildman–Crippen LogP) is 5.42. The smallest absolute Gasteiger partial charge is 0.256 e. The maximum atomic E-state index is 13.1. The van der Waals surface area contributed by atoms with Crippen LogP contribution in [0.15, 0.2) is 83.7 Å². The van der Waals surface area contributed by atoms with Gasteiger partial charge >= 0.3 is 0 Å². The molecular weight excluding hydrogens is 410 g/mol. The zero-order valence-electron chi connectivity index (χ0n) is 17.1. The van der Waals surface area contributed by atoms with Crippen molar-refractivity contribution in [2.45, 2.75) is 13.8 Å². The molecule has 0 spiro atoms. The second kappa shape index (κ2) is 8.58. The van der Waals surface area contributed by atoms with Crippen molar-refractivity contribution in [3.05, 3.63) is 111 Å². The van der Waals surface area contributed by atoms with Crippen LogP contribution in [0.1, 0.15) is 21.6 Å². The Hall–Kier alpha value is -3.70. The predicted molar refractivity (Wildman–Crippen MR) is 124 cm³/mol. The molecule has 0 aliphatic carbocycles. The van der Waals surface area contributed by atoms with E-state index >= 15 is 0 Å². The Morgan fingerprint density at radius 3 is 2.19 bits per heavy atom. The molecule has 0 unspecified atom stereocenters. The Morgan fingerprint density at radius 1 is 0.903 bits per heavy atom. The first kappa shape index (κ1) is 20.6. The van der Waals surface area contributed by atoms with E-state index in [0.717, 1.165) is 11.3 Å². The SMILES string of the molecule is Cc1ccc(-n2nc(C)c(=O)c(-c3ccccc3)c2NC(=O)c2ccc(Cl)cc2)cc1. The topological polar surface area (TPSA) is 64.0 Å². The van der Waals surface area contributed by atoms with Gasteiger partial charge in [-0.05, 0) is 55.8 Å². The third-order valence-electron chi connectivity index (χ3n) is 4.93. The Balaban J connectivity index is 1.94. The molecule has 31 heavy (non-hydrogen) atoms. The molecule has 0 aliphatic rings. The lowest BCUT2D eigenvalue weighted by atomic mass is 10.0. The molecule has 0 saturated carbocycles. The lowest BCUT2D eigenvalue weighted by Crippen LogP contribution is -2.24. The van der Waals surface area contributed by atoms with Gasteiger partial charge in [-0.25, -0.2) is 4.68 Å². The highest BCUT2D eigenvalue weighted by Gasteiger charge is 2.20. The number of carbonyl (C=O) groups is 1. The number of nitrogens with one attached hydrogen (secondary N) is 1. The number of anilines is 1. The van der Waals surface area contributed by atoms with Crippen molar-refractivity contribution < 1.29 is 4.79 Å². The number of rotatable bonds is 4. The van der Waals surface area contributed by atoms with Crippen LogP contribution in [0.25, 0.3) is 16.8 Å². The van der Waals surface area contributed by atoms with Crippen LogP contribution in [-0.4, -0.2) is 15.7 Å². The van der Waals surface area contributed by atoms with Crippen molar-refractivity contribution in [3.63, 3.8) is 0 Å². The fraction of sp³-hybridized carbons (Fsp3) is 0.0800. The summed E-state index contributed by atoms with van der Waals surface area (Å²) in [6.45, 7) is 3.66. The lowest BCUT2D eigenvalue weighted by Gasteiger charge is -2.18. The van der Waals surface area contributed by atoms with Crippen LogP contribution in [0.2, 0.25) is 5.02 Å². The number of nitrogens with zero attached hydrogens (tertiary/aromatic N) is 2. The van der Waals surface area contributed by atoms with Crippen LogP contribution in [0.3, 0.4) is 0 Å². The Bertz CT molecular complexity index is 1300. The van der Waals surface area contributed by atoms with Crippen LogP contribution in [-0.2, 0) is 0 Å². The highest BCUT2D eigenvalue weighted by Crippen LogP contribution is 2.27. The van der Waals surface area contributed by atoms with Gasteiger partial charge in [0.15, 0.2) is 0 Å². The van der Waals surface area contributed by atoms with Gasteiger partial charge in [-0.2, -0.15) is 5.10 Å². The average molecular weight is 430 g/mol. The van der Waals surface area contributed by atoms with E-state index in [4.69, 9.17) is 11.6 Å². The van der Waals surface area contributed by atoms with E-state index in [-0.39, 0.29) is 11.3 Å². The Morgan fingerprint density at radius 2 is 1.55 bits per heavy atom. The van der Waals surface area contributed by atoms with E-state index in [0.29, 0.717) is 33.2 Å². The lowest BCUT2D eigenvalue weighted by molar-refractivity contribution is 0.102. The fourth-order valence-corrected chi connectivity index (χ4v) is 3.41. The van der Waals surface area contributed by atoms with Crippen LogP contribution in [0.4, 0.5) is 5.82 Å². The maximum Gasteiger partial charge on any atom is 0.256 e. The largest absolute Gasteiger partial charge is 0.306 e. The highest BCUT2D eigenvalue weighted by atomic mass is 35.5. The van der Waals surface area contributed by atoms with Crippen LogP contribution in [0, 0.1) is 13.8 Å². The third-order valence-corrected chi connectivity index (χ3v) is 5.19. The number of hydrogen-bond acceptors (Lipinski definition) is 3. The van der Waals surface area contributed by atoms with Crippen molar-refractivity contribution in [2.24, 2.45) is 0 Å². The maximum absolute atomic E-state index is 13.1. The minimum atomic E-state index is -0.361. The molecular formula is C25H20ClN3O2. The molecule has 0 fully saturated rings. The van der Waals surface area contributed by atoms with E-state index in [1.165, 1.54) is 0 Å². The number of amides is 1. The number of halogens is 1. The quantitative estimate of drug-likeness (QED) is 0.471. The Kier molecular flexibility index (Phi) is 5.69. The summed E-state index contributed by atoms with van der Waals surface area (Å²) >= 11 is 5.95. The van der Waals surface area contributed by atoms with Crippen molar-refractivity contribution in [1.82, 2.24) is 9.78 Å². The summed E-state index contributed by atoms with van der Waals surface area (Å²) in [4.78, 5) is 26.2. The van der Waals surface area contributed by atoms with Gasteiger partial charge in [-0.15, -0.1) is 0 Å². The monoisotopic (exact) mass is 429 g/mol. The first-order valence-electron chi connectivity index (χ1n) is 9.77. The molecule has 0 saturated heterocycles. The van der Waals surface area contributed by atoms with E-state index in [1.54, 1.807) is 35.9 Å². The second-order valence-corrected chi connectivity index (χ2v) is 7.65. The van der Waals surface area contributed by atoms with Crippen molar-refractivity contribution in [1.29, 1.82) is 0 Å². The summed E-state index contributed by atoms with van der Waals surface area (Å²) in [7, 11) is 0. The molecule has 1 heterocycles. The number of benzene rings is 3. The minimum absolute atomic E-state index is 0.235. The summed E-state index contributed by atoms with van der Waals surface area (Å²) in [5.74, 6) is -0.0506. The van der Waals surface area contributed by atoms with E-state index < -0.39 is 0 Å². The molecule has 1 amide bonds. The normalized spacial score (nSPS) is 10.7. The third kappa shape index (κ3) is 4.27. The van der Waals surface area contributed by atoms with Crippen molar-refractivity contribution >= 4 is 23.3 Å². The zero-order chi connectivity index (χ0) is 22.0. The summed E-state index contributed by atoms with van der Waals surface area (Å²) in [6, 6.07) is 23.5. The first-order valence-corrected chi connectivity index (χ1v) is 10.1. The van der Waals surface area contributed by atoms with Gasteiger partial charge in [-0.1, -0.05) is 59.6 Å². The first-order chi connectivity index (χ1) is 14.9. The van der Waals surface area contributed by atoms with Gasteiger partial charge in [-0.3, -0.25) is 9.59 Å². The molecule has 1 aromatic heterocycles. The van der Waals surface area contributed by atoms with Crippen molar-refractivity contribution in [3.8, 4) is 16.8 Å². The fourth-order valence-electron chi connectivity index (χ4n) is 3.28. The van der Waals surface area contributed by atoms with Gasteiger partial charge in [0, 0.05) is 10.6 Å². The van der Waals surface area contributed by atoms with Gasteiger partial charge < -0.3 is 5.32 Å². The number of aromatic nitrogens is 2. The molecule has 0 atom stereocenters. The minimum Gasteiger partial charge on any atom is -0.306 e. The molecule has 1 N–H and O–H groups in total. The van der Waals surface area contributed by atoms with E-state index in [1.807, 2.05) is 61.5 Å². The summed E-state index contributed by atoms with van der Waals surface area (Å²) in [5.41, 5.74) is 3.44. The van der Waals surface area contributed by atoms with E-state index in [2.05, 4.69) is 10.4 Å². The number of carbonyl (C=O) groups excluding carboxylic acids is 1. The zero-order valence-corrected chi connectivity index (χ0v) is 17.9. The van der Waals surface area contributed by atoms with Crippen LogP contribution in [0.5, 0.6) is 0 Å².